The molecule has 158 valence electrons. The summed E-state index contributed by atoms with van der Waals surface area (Å²) >= 11 is 0. The van der Waals surface area contributed by atoms with Gasteiger partial charge in [0, 0.05) is 26.2 Å². The zero-order chi connectivity index (χ0) is 20.4. The Morgan fingerprint density at radius 2 is 1.11 bits per heavy atom. The lowest BCUT2D eigenvalue weighted by Crippen LogP contribution is -2.47. The molecule has 0 atom stereocenters. The van der Waals surface area contributed by atoms with Crippen LogP contribution in [0.3, 0.4) is 0 Å². The largest absolute Gasteiger partial charge is 0.440 e. The minimum absolute atomic E-state index is 0.0714. The molecule has 0 saturated carbocycles. The summed E-state index contributed by atoms with van der Waals surface area (Å²) in [6.45, 7) is 2.60. The van der Waals surface area contributed by atoms with Crippen LogP contribution in [0.2, 0.25) is 0 Å². The number of ether oxygens (including phenoxy) is 3. The molecule has 2 saturated heterocycles. The van der Waals surface area contributed by atoms with Crippen molar-refractivity contribution in [1.82, 2.24) is 15.0 Å². The van der Waals surface area contributed by atoms with Crippen molar-refractivity contribution in [3.63, 3.8) is 0 Å². The molecule has 8 nitrogen and oxygen atoms in total. The van der Waals surface area contributed by atoms with E-state index < -0.39 is 24.5 Å². The predicted octanol–water partition coefficient (Wildman–Crippen LogP) is 1.42. The summed E-state index contributed by atoms with van der Waals surface area (Å²) in [6.07, 6.45) is -15.4. The molecule has 14 heteroatoms. The van der Waals surface area contributed by atoms with Crippen molar-refractivity contribution in [2.75, 3.05) is 62.4 Å². The summed E-state index contributed by atoms with van der Waals surface area (Å²) in [4.78, 5) is 14.7. The molecule has 0 aliphatic carbocycles. The Morgan fingerprint density at radius 1 is 0.714 bits per heavy atom. The molecule has 0 aromatic carbocycles. The molecule has 1 aromatic rings. The van der Waals surface area contributed by atoms with E-state index in [1.54, 1.807) is 9.80 Å². The quantitative estimate of drug-likeness (QED) is 0.682. The van der Waals surface area contributed by atoms with Gasteiger partial charge in [0.05, 0.1) is 26.4 Å². The van der Waals surface area contributed by atoms with Crippen LogP contribution in [0.4, 0.5) is 38.2 Å². The van der Waals surface area contributed by atoms with Gasteiger partial charge < -0.3 is 24.0 Å². The standard InChI is InChI=1S/C14H17F6N5O3/c15-13(16,17)9(14(18,19)20)28-12-22-10(24-1-5-26-6-2-24)21-11(23-12)25-3-7-27-8-4-25/h9H,1-8H2. The van der Waals surface area contributed by atoms with Crippen LogP contribution < -0.4 is 14.5 Å². The smallest absolute Gasteiger partial charge is 0.434 e. The fraction of sp³-hybridized carbons (Fsp3) is 0.786. The Morgan fingerprint density at radius 3 is 1.46 bits per heavy atom. The fourth-order valence-corrected chi connectivity index (χ4v) is 2.62. The van der Waals surface area contributed by atoms with E-state index in [1.807, 2.05) is 0 Å². The van der Waals surface area contributed by atoms with E-state index in [0.717, 1.165) is 0 Å². The third-order valence-electron chi connectivity index (χ3n) is 4.00. The highest BCUT2D eigenvalue weighted by Gasteiger charge is 2.59. The molecule has 0 N–H and O–H groups in total. The van der Waals surface area contributed by atoms with Gasteiger partial charge in [0.15, 0.2) is 0 Å². The summed E-state index contributed by atoms with van der Waals surface area (Å²) in [5.74, 6) is -0.143. The number of hydrogen-bond acceptors (Lipinski definition) is 8. The van der Waals surface area contributed by atoms with E-state index in [0.29, 0.717) is 52.6 Å². The summed E-state index contributed by atoms with van der Waals surface area (Å²) in [7, 11) is 0. The number of morpholine rings is 2. The van der Waals surface area contributed by atoms with Gasteiger partial charge in [0.25, 0.3) is 6.10 Å². The second-order valence-corrected chi connectivity index (χ2v) is 6.00. The second-order valence-electron chi connectivity index (χ2n) is 6.00. The maximum atomic E-state index is 12.8. The SMILES string of the molecule is FC(F)(F)C(Oc1nc(N2CCOCC2)nc(N2CCOCC2)n1)C(F)(F)F. The first-order valence-corrected chi connectivity index (χ1v) is 8.36. The Labute approximate surface area is 155 Å². The van der Waals surface area contributed by atoms with Gasteiger partial charge >= 0.3 is 18.4 Å². The first-order chi connectivity index (χ1) is 13.1. The van der Waals surface area contributed by atoms with Gasteiger partial charge in [0.2, 0.25) is 11.9 Å². The summed E-state index contributed by atoms with van der Waals surface area (Å²) in [6, 6.07) is -1.04. The van der Waals surface area contributed by atoms with Crippen molar-refractivity contribution in [2.45, 2.75) is 18.5 Å². The zero-order valence-corrected chi connectivity index (χ0v) is 14.5. The number of halogens is 6. The third kappa shape index (κ3) is 5.04. The molecule has 0 bridgehead atoms. The maximum Gasteiger partial charge on any atom is 0.434 e. The average Bonchev–Trinajstić information content (AvgIpc) is 2.65. The van der Waals surface area contributed by atoms with Gasteiger partial charge in [0.1, 0.15) is 0 Å². The highest BCUT2D eigenvalue weighted by molar-refractivity contribution is 5.41. The van der Waals surface area contributed by atoms with Gasteiger partial charge in [-0.15, -0.1) is 0 Å². The van der Waals surface area contributed by atoms with Gasteiger partial charge in [-0.2, -0.15) is 41.3 Å². The van der Waals surface area contributed by atoms with Crippen molar-refractivity contribution in [3.8, 4) is 6.01 Å². The van der Waals surface area contributed by atoms with Crippen LogP contribution in [0.1, 0.15) is 0 Å². The molecule has 0 radical (unpaired) electrons. The summed E-state index contributed by atoms with van der Waals surface area (Å²) in [5, 5.41) is 0. The van der Waals surface area contributed by atoms with Crippen LogP contribution >= 0.6 is 0 Å². The summed E-state index contributed by atoms with van der Waals surface area (Å²) in [5.41, 5.74) is 0. The lowest BCUT2D eigenvalue weighted by atomic mass is 10.3. The molecule has 2 aliphatic heterocycles. The number of anilines is 2. The van der Waals surface area contributed by atoms with Gasteiger partial charge in [-0.25, -0.2) is 0 Å². The molecular formula is C14H17F6N5O3. The minimum Gasteiger partial charge on any atom is -0.440 e. The average molecular weight is 417 g/mol. The Balaban J connectivity index is 1.93. The van der Waals surface area contributed by atoms with E-state index in [-0.39, 0.29) is 11.9 Å². The molecule has 3 heterocycles. The molecule has 0 unspecified atom stereocenters. The van der Waals surface area contributed by atoms with Crippen LogP contribution in [0.15, 0.2) is 0 Å². The number of nitrogens with zero attached hydrogens (tertiary/aromatic N) is 5. The predicted molar refractivity (Wildman–Crippen MR) is 82.4 cm³/mol. The van der Waals surface area contributed by atoms with Crippen LogP contribution in [-0.2, 0) is 9.47 Å². The Hall–Kier alpha value is -2.09. The number of aromatic nitrogens is 3. The summed E-state index contributed by atoms with van der Waals surface area (Å²) < 4.78 is 91.6. The molecule has 3 rings (SSSR count). The highest BCUT2D eigenvalue weighted by Crippen LogP contribution is 2.36. The monoisotopic (exact) mass is 417 g/mol. The molecular weight excluding hydrogens is 400 g/mol. The van der Waals surface area contributed by atoms with Crippen molar-refractivity contribution < 1.29 is 40.6 Å². The number of hydrogen-bond donors (Lipinski definition) is 0. The molecule has 0 amide bonds. The van der Waals surface area contributed by atoms with Crippen molar-refractivity contribution in [3.05, 3.63) is 0 Å². The fourth-order valence-electron chi connectivity index (χ4n) is 2.62. The van der Waals surface area contributed by atoms with E-state index >= 15 is 0 Å². The van der Waals surface area contributed by atoms with E-state index in [2.05, 4.69) is 19.7 Å². The molecule has 28 heavy (non-hydrogen) atoms. The number of alkyl halides is 6. The number of rotatable bonds is 4. The van der Waals surface area contributed by atoms with Gasteiger partial charge in [-0.05, 0) is 0 Å². The van der Waals surface area contributed by atoms with Crippen molar-refractivity contribution >= 4 is 11.9 Å². The lowest BCUT2D eigenvalue weighted by Gasteiger charge is -2.30. The molecule has 0 spiro atoms. The van der Waals surface area contributed by atoms with Crippen LogP contribution in [0, 0.1) is 0 Å². The topological polar surface area (TPSA) is 72.8 Å². The zero-order valence-electron chi connectivity index (χ0n) is 14.5. The van der Waals surface area contributed by atoms with Gasteiger partial charge in [-0.1, -0.05) is 0 Å². The minimum atomic E-state index is -5.68. The Bertz CT molecular complexity index is 612. The second kappa shape index (κ2) is 8.11. The van der Waals surface area contributed by atoms with E-state index in [4.69, 9.17) is 9.47 Å². The van der Waals surface area contributed by atoms with E-state index in [9.17, 15) is 26.3 Å². The maximum absolute atomic E-state index is 12.8. The third-order valence-corrected chi connectivity index (χ3v) is 4.00. The lowest BCUT2D eigenvalue weighted by molar-refractivity contribution is -0.301. The molecule has 2 fully saturated rings. The first-order valence-electron chi connectivity index (χ1n) is 8.36. The van der Waals surface area contributed by atoms with Crippen molar-refractivity contribution in [1.29, 1.82) is 0 Å². The van der Waals surface area contributed by atoms with Crippen LogP contribution in [0.25, 0.3) is 0 Å². The van der Waals surface area contributed by atoms with Crippen LogP contribution in [0.5, 0.6) is 6.01 Å². The van der Waals surface area contributed by atoms with Crippen molar-refractivity contribution in [2.24, 2.45) is 0 Å². The normalized spacial score (nSPS) is 19.2. The van der Waals surface area contributed by atoms with Crippen LogP contribution in [-0.4, -0.2) is 86.0 Å². The van der Waals surface area contributed by atoms with Gasteiger partial charge in [-0.3, -0.25) is 0 Å². The molecule has 2 aliphatic rings. The molecule has 1 aromatic heterocycles. The van der Waals surface area contributed by atoms with E-state index in [1.165, 1.54) is 0 Å². The first kappa shape index (κ1) is 20.6. The highest BCUT2D eigenvalue weighted by atomic mass is 19.4. The Kier molecular flexibility index (Phi) is 5.98.